The molecule has 2 atom stereocenters. The molecule has 1 aromatic carbocycles. The van der Waals surface area contributed by atoms with Gasteiger partial charge in [-0.25, -0.2) is 0 Å². The molecular weight excluding hydrogens is 212 g/mol. The molecule has 0 saturated carbocycles. The second kappa shape index (κ2) is 4.07. The van der Waals surface area contributed by atoms with E-state index in [1.165, 1.54) is 12.1 Å². The van der Waals surface area contributed by atoms with Crippen LogP contribution in [0.25, 0.3) is 0 Å². The van der Waals surface area contributed by atoms with Crippen LogP contribution in [0, 0.1) is 10.1 Å². The summed E-state index contributed by atoms with van der Waals surface area (Å²) in [4.78, 5) is 11.8. The van der Waals surface area contributed by atoms with E-state index in [9.17, 15) is 20.3 Å². The second-order valence-corrected chi connectivity index (χ2v) is 3.82. The minimum absolute atomic E-state index is 0.00776. The van der Waals surface area contributed by atoms with E-state index in [0.717, 1.165) is 0 Å². The number of aliphatic hydroxyl groups is 2. The fraction of sp³-hybridized carbons (Fsp3) is 0.400. The van der Waals surface area contributed by atoms with Crippen molar-refractivity contribution in [1.29, 1.82) is 0 Å². The van der Waals surface area contributed by atoms with Gasteiger partial charge in [-0.3, -0.25) is 10.1 Å². The standard InChI is InChI=1S/C10H12N2O4/c13-9-5-11(6-10(9)14)7-2-1-3-8(4-7)12(15)16/h1-4,9-10,13-14H,5-6H2. The first-order chi connectivity index (χ1) is 7.58. The van der Waals surface area contributed by atoms with Crippen molar-refractivity contribution in [2.75, 3.05) is 18.0 Å². The van der Waals surface area contributed by atoms with Gasteiger partial charge in [-0.15, -0.1) is 0 Å². The summed E-state index contributed by atoms with van der Waals surface area (Å²) in [6.07, 6.45) is -1.58. The van der Waals surface area contributed by atoms with E-state index in [2.05, 4.69) is 0 Å². The minimum atomic E-state index is -0.792. The van der Waals surface area contributed by atoms with Crippen molar-refractivity contribution >= 4 is 11.4 Å². The van der Waals surface area contributed by atoms with Crippen molar-refractivity contribution in [2.45, 2.75) is 12.2 Å². The first kappa shape index (κ1) is 10.8. The fourth-order valence-corrected chi connectivity index (χ4v) is 1.78. The number of aliphatic hydroxyl groups excluding tert-OH is 2. The predicted molar refractivity (Wildman–Crippen MR) is 57.3 cm³/mol. The first-order valence-corrected chi connectivity index (χ1v) is 4.93. The summed E-state index contributed by atoms with van der Waals surface area (Å²) in [6, 6.07) is 6.15. The normalized spacial score (nSPS) is 24.8. The van der Waals surface area contributed by atoms with Crippen LogP contribution in [0.2, 0.25) is 0 Å². The quantitative estimate of drug-likeness (QED) is 0.551. The number of hydrogen-bond donors (Lipinski definition) is 2. The largest absolute Gasteiger partial charge is 0.389 e. The van der Waals surface area contributed by atoms with E-state index in [1.807, 2.05) is 0 Å². The molecule has 16 heavy (non-hydrogen) atoms. The van der Waals surface area contributed by atoms with Crippen molar-refractivity contribution in [1.82, 2.24) is 0 Å². The van der Waals surface area contributed by atoms with E-state index in [1.54, 1.807) is 17.0 Å². The van der Waals surface area contributed by atoms with Crippen molar-refractivity contribution in [3.8, 4) is 0 Å². The Labute approximate surface area is 91.9 Å². The van der Waals surface area contributed by atoms with Crippen LogP contribution in [0.3, 0.4) is 0 Å². The molecule has 0 aliphatic carbocycles. The Hall–Kier alpha value is -1.66. The summed E-state index contributed by atoms with van der Waals surface area (Å²) in [7, 11) is 0. The van der Waals surface area contributed by atoms with E-state index < -0.39 is 17.1 Å². The van der Waals surface area contributed by atoms with Crippen molar-refractivity contribution in [2.24, 2.45) is 0 Å². The number of hydrogen-bond acceptors (Lipinski definition) is 5. The summed E-state index contributed by atoms with van der Waals surface area (Å²) < 4.78 is 0. The molecule has 1 fully saturated rings. The zero-order valence-corrected chi connectivity index (χ0v) is 8.48. The van der Waals surface area contributed by atoms with Crippen LogP contribution in [0.5, 0.6) is 0 Å². The molecule has 0 amide bonds. The minimum Gasteiger partial charge on any atom is -0.389 e. The SMILES string of the molecule is O=[N+]([O-])c1cccc(N2CC(O)C(O)C2)c1. The van der Waals surface area contributed by atoms with Crippen LogP contribution < -0.4 is 4.90 Å². The Morgan fingerprint density at radius 3 is 2.50 bits per heavy atom. The molecule has 6 heteroatoms. The Kier molecular flexibility index (Phi) is 2.76. The molecule has 1 heterocycles. The second-order valence-electron chi connectivity index (χ2n) is 3.82. The van der Waals surface area contributed by atoms with E-state index >= 15 is 0 Å². The molecule has 2 unspecified atom stereocenters. The summed E-state index contributed by atoms with van der Waals surface area (Å²) in [5.41, 5.74) is 0.651. The molecule has 0 radical (unpaired) electrons. The lowest BCUT2D eigenvalue weighted by Gasteiger charge is -2.16. The summed E-state index contributed by atoms with van der Waals surface area (Å²) in [5, 5.41) is 29.3. The summed E-state index contributed by atoms with van der Waals surface area (Å²) in [5.74, 6) is 0. The number of β-amino-alcohol motifs (C(OH)–C–C–N with tert-alkyl or cyclic N) is 2. The first-order valence-electron chi connectivity index (χ1n) is 4.93. The number of nitro benzene ring substituents is 1. The highest BCUT2D eigenvalue weighted by molar-refractivity contribution is 5.54. The highest BCUT2D eigenvalue weighted by Gasteiger charge is 2.30. The topological polar surface area (TPSA) is 86.8 Å². The van der Waals surface area contributed by atoms with Gasteiger partial charge in [-0.1, -0.05) is 6.07 Å². The van der Waals surface area contributed by atoms with Crippen molar-refractivity contribution < 1.29 is 15.1 Å². The van der Waals surface area contributed by atoms with Gasteiger partial charge in [0.05, 0.1) is 17.1 Å². The van der Waals surface area contributed by atoms with Gasteiger partial charge < -0.3 is 15.1 Å². The van der Waals surface area contributed by atoms with Gasteiger partial charge in [0, 0.05) is 30.9 Å². The number of nitro groups is 1. The Bertz CT molecular complexity index is 400. The van der Waals surface area contributed by atoms with Gasteiger partial charge in [0.2, 0.25) is 0 Å². The van der Waals surface area contributed by atoms with Crippen LogP contribution in [0.15, 0.2) is 24.3 Å². The molecule has 86 valence electrons. The van der Waals surface area contributed by atoms with Crippen LogP contribution in [0.4, 0.5) is 11.4 Å². The van der Waals surface area contributed by atoms with E-state index in [-0.39, 0.29) is 5.69 Å². The van der Waals surface area contributed by atoms with Gasteiger partial charge in [-0.2, -0.15) is 0 Å². The number of anilines is 1. The molecule has 2 N–H and O–H groups in total. The molecular formula is C10H12N2O4. The molecule has 1 aliphatic rings. The Balaban J connectivity index is 2.21. The molecule has 1 aliphatic heterocycles. The third-order valence-electron chi connectivity index (χ3n) is 2.66. The number of non-ortho nitro benzene ring substituents is 1. The van der Waals surface area contributed by atoms with Crippen LogP contribution in [0.1, 0.15) is 0 Å². The van der Waals surface area contributed by atoms with Gasteiger partial charge in [0.25, 0.3) is 5.69 Å². The molecule has 0 bridgehead atoms. The Morgan fingerprint density at radius 2 is 1.94 bits per heavy atom. The molecule has 1 saturated heterocycles. The van der Waals surface area contributed by atoms with Gasteiger partial charge in [0.1, 0.15) is 0 Å². The smallest absolute Gasteiger partial charge is 0.271 e. The number of nitrogens with zero attached hydrogens (tertiary/aromatic N) is 2. The maximum Gasteiger partial charge on any atom is 0.271 e. The van der Waals surface area contributed by atoms with Crippen LogP contribution in [-0.2, 0) is 0 Å². The maximum atomic E-state index is 10.6. The number of benzene rings is 1. The third-order valence-corrected chi connectivity index (χ3v) is 2.66. The van der Waals surface area contributed by atoms with Crippen LogP contribution in [-0.4, -0.2) is 40.4 Å². The fourth-order valence-electron chi connectivity index (χ4n) is 1.78. The average Bonchev–Trinajstić information content (AvgIpc) is 2.59. The lowest BCUT2D eigenvalue weighted by Crippen LogP contribution is -2.22. The number of rotatable bonds is 2. The van der Waals surface area contributed by atoms with E-state index in [0.29, 0.717) is 18.8 Å². The lowest BCUT2D eigenvalue weighted by molar-refractivity contribution is -0.384. The maximum absolute atomic E-state index is 10.6. The van der Waals surface area contributed by atoms with Gasteiger partial charge in [-0.05, 0) is 6.07 Å². The lowest BCUT2D eigenvalue weighted by atomic mass is 10.2. The molecule has 1 aromatic rings. The zero-order valence-electron chi connectivity index (χ0n) is 8.48. The Morgan fingerprint density at radius 1 is 1.31 bits per heavy atom. The summed E-state index contributed by atoms with van der Waals surface area (Å²) >= 11 is 0. The van der Waals surface area contributed by atoms with Gasteiger partial charge >= 0.3 is 0 Å². The highest BCUT2D eigenvalue weighted by atomic mass is 16.6. The molecule has 0 aromatic heterocycles. The monoisotopic (exact) mass is 224 g/mol. The van der Waals surface area contributed by atoms with Crippen LogP contribution >= 0.6 is 0 Å². The molecule has 2 rings (SSSR count). The van der Waals surface area contributed by atoms with E-state index in [4.69, 9.17) is 0 Å². The third kappa shape index (κ3) is 1.98. The average molecular weight is 224 g/mol. The molecule has 6 nitrogen and oxygen atoms in total. The van der Waals surface area contributed by atoms with Crippen molar-refractivity contribution in [3.63, 3.8) is 0 Å². The highest BCUT2D eigenvalue weighted by Crippen LogP contribution is 2.24. The predicted octanol–water partition coefficient (Wildman–Crippen LogP) is 0.137. The van der Waals surface area contributed by atoms with Gasteiger partial charge in [0.15, 0.2) is 0 Å². The van der Waals surface area contributed by atoms with Crippen molar-refractivity contribution in [3.05, 3.63) is 34.4 Å². The summed E-state index contributed by atoms with van der Waals surface area (Å²) in [6.45, 7) is 0.588. The molecule has 0 spiro atoms. The zero-order chi connectivity index (χ0) is 11.7.